The first-order chi connectivity index (χ1) is 8.74. The van der Waals surface area contributed by atoms with E-state index < -0.39 is 0 Å². The van der Waals surface area contributed by atoms with Crippen molar-refractivity contribution in [2.24, 2.45) is 0 Å². The van der Waals surface area contributed by atoms with Crippen LogP contribution in [0.5, 0.6) is 0 Å². The molecule has 2 heterocycles. The molecule has 0 unspecified atom stereocenters. The van der Waals surface area contributed by atoms with E-state index in [0.717, 1.165) is 5.56 Å². The Labute approximate surface area is 113 Å². The third kappa shape index (κ3) is 2.03. The van der Waals surface area contributed by atoms with E-state index >= 15 is 0 Å². The summed E-state index contributed by atoms with van der Waals surface area (Å²) in [5, 5.41) is 0.981. The van der Waals surface area contributed by atoms with Crippen molar-refractivity contribution in [1.29, 1.82) is 0 Å². The van der Waals surface area contributed by atoms with Crippen molar-refractivity contribution in [3.8, 4) is 11.4 Å². The normalized spacial score (nSPS) is 10.8. The van der Waals surface area contributed by atoms with Gasteiger partial charge in [0.05, 0.1) is 5.52 Å². The molecule has 3 rings (SSSR count). The van der Waals surface area contributed by atoms with Crippen LogP contribution >= 0.6 is 23.2 Å². The lowest BCUT2D eigenvalue weighted by Crippen LogP contribution is -1.93. The molecule has 3 nitrogen and oxygen atoms in total. The Hall–Kier alpha value is -1.71. The fourth-order valence-corrected chi connectivity index (χ4v) is 2.10. The van der Waals surface area contributed by atoms with E-state index in [1.165, 1.54) is 0 Å². The highest BCUT2D eigenvalue weighted by Crippen LogP contribution is 2.24. The van der Waals surface area contributed by atoms with E-state index in [1.54, 1.807) is 18.3 Å². The van der Waals surface area contributed by atoms with Crippen LogP contribution in [0.2, 0.25) is 10.2 Å². The summed E-state index contributed by atoms with van der Waals surface area (Å²) in [6.07, 6.45) is 1.66. The SMILES string of the molecule is Clc1cccc(-c2nc(Cl)c3ncccc3n2)c1. The maximum absolute atomic E-state index is 6.11. The summed E-state index contributed by atoms with van der Waals surface area (Å²) in [5.41, 5.74) is 2.15. The molecule has 0 aliphatic carbocycles. The first-order valence-electron chi connectivity index (χ1n) is 5.28. The molecule has 0 atom stereocenters. The lowest BCUT2D eigenvalue weighted by atomic mass is 10.2. The molecule has 0 saturated heterocycles. The average molecular weight is 276 g/mol. The highest BCUT2D eigenvalue weighted by atomic mass is 35.5. The van der Waals surface area contributed by atoms with Gasteiger partial charge in [-0.15, -0.1) is 0 Å². The van der Waals surface area contributed by atoms with Crippen LogP contribution in [0.4, 0.5) is 0 Å². The van der Waals surface area contributed by atoms with Crippen molar-refractivity contribution < 1.29 is 0 Å². The molecule has 5 heteroatoms. The summed E-state index contributed by atoms with van der Waals surface area (Å²) in [6.45, 7) is 0. The van der Waals surface area contributed by atoms with Crippen LogP contribution in [0.3, 0.4) is 0 Å². The van der Waals surface area contributed by atoms with E-state index in [1.807, 2.05) is 24.3 Å². The maximum Gasteiger partial charge on any atom is 0.161 e. The summed E-state index contributed by atoms with van der Waals surface area (Å²) in [7, 11) is 0. The Balaban J connectivity index is 2.24. The number of hydrogen-bond acceptors (Lipinski definition) is 3. The van der Waals surface area contributed by atoms with Crippen molar-refractivity contribution in [2.75, 3.05) is 0 Å². The van der Waals surface area contributed by atoms with Gasteiger partial charge in [0.2, 0.25) is 0 Å². The topological polar surface area (TPSA) is 38.7 Å². The van der Waals surface area contributed by atoms with Crippen LogP contribution in [0.1, 0.15) is 0 Å². The van der Waals surface area contributed by atoms with Crippen molar-refractivity contribution in [2.45, 2.75) is 0 Å². The van der Waals surface area contributed by atoms with Crippen LogP contribution in [0.15, 0.2) is 42.6 Å². The van der Waals surface area contributed by atoms with E-state index in [-0.39, 0.29) is 0 Å². The largest absolute Gasteiger partial charge is 0.251 e. The monoisotopic (exact) mass is 275 g/mol. The molecule has 18 heavy (non-hydrogen) atoms. The highest BCUT2D eigenvalue weighted by molar-refractivity contribution is 6.33. The Bertz CT molecular complexity index is 728. The predicted octanol–water partition coefficient (Wildman–Crippen LogP) is 4.00. The van der Waals surface area contributed by atoms with Gasteiger partial charge in [0.25, 0.3) is 0 Å². The van der Waals surface area contributed by atoms with Gasteiger partial charge in [-0.25, -0.2) is 9.97 Å². The molecule has 3 aromatic rings. The van der Waals surface area contributed by atoms with Gasteiger partial charge in [0.1, 0.15) is 5.52 Å². The van der Waals surface area contributed by atoms with E-state index in [9.17, 15) is 0 Å². The molecular formula is C13H7Cl2N3. The Morgan fingerprint density at radius 3 is 2.67 bits per heavy atom. The number of halogens is 2. The minimum atomic E-state index is 0.343. The zero-order chi connectivity index (χ0) is 12.5. The average Bonchev–Trinajstić information content (AvgIpc) is 2.39. The van der Waals surface area contributed by atoms with Crippen LogP contribution in [-0.2, 0) is 0 Å². The first-order valence-corrected chi connectivity index (χ1v) is 6.04. The number of pyridine rings is 1. The molecule has 88 valence electrons. The van der Waals surface area contributed by atoms with E-state index in [2.05, 4.69) is 15.0 Å². The number of nitrogens with zero attached hydrogens (tertiary/aromatic N) is 3. The van der Waals surface area contributed by atoms with Gasteiger partial charge in [0, 0.05) is 16.8 Å². The summed E-state index contributed by atoms with van der Waals surface area (Å²) in [5.74, 6) is 0.544. The van der Waals surface area contributed by atoms with E-state index in [4.69, 9.17) is 23.2 Å². The van der Waals surface area contributed by atoms with Crippen molar-refractivity contribution in [1.82, 2.24) is 15.0 Å². The minimum Gasteiger partial charge on any atom is -0.251 e. The lowest BCUT2D eigenvalue weighted by Gasteiger charge is -2.04. The number of fused-ring (bicyclic) bond motifs is 1. The van der Waals surface area contributed by atoms with Crippen LogP contribution in [0.25, 0.3) is 22.4 Å². The molecular weight excluding hydrogens is 269 g/mol. The van der Waals surface area contributed by atoms with Crippen molar-refractivity contribution >= 4 is 34.2 Å². The second kappa shape index (κ2) is 4.52. The van der Waals surface area contributed by atoms with Gasteiger partial charge in [-0.3, -0.25) is 4.98 Å². The standard InChI is InChI=1S/C13H7Cl2N3/c14-9-4-1-3-8(7-9)13-17-10-5-2-6-16-11(10)12(15)18-13/h1-7H. The Morgan fingerprint density at radius 2 is 1.83 bits per heavy atom. The summed E-state index contributed by atoms with van der Waals surface area (Å²) in [6, 6.07) is 11.0. The molecule has 2 aromatic heterocycles. The predicted molar refractivity (Wildman–Crippen MR) is 72.8 cm³/mol. The van der Waals surface area contributed by atoms with Crippen molar-refractivity contribution in [3.63, 3.8) is 0 Å². The molecule has 0 spiro atoms. The molecule has 0 saturated carbocycles. The van der Waals surface area contributed by atoms with Gasteiger partial charge < -0.3 is 0 Å². The molecule has 0 aliphatic heterocycles. The highest BCUT2D eigenvalue weighted by Gasteiger charge is 2.08. The molecule has 0 N–H and O–H groups in total. The number of hydrogen-bond donors (Lipinski definition) is 0. The quantitative estimate of drug-likeness (QED) is 0.630. The maximum atomic E-state index is 6.11. The molecule has 0 radical (unpaired) electrons. The smallest absolute Gasteiger partial charge is 0.161 e. The fraction of sp³-hybridized carbons (Fsp3) is 0. The summed E-state index contributed by atoms with van der Waals surface area (Å²) >= 11 is 12.1. The van der Waals surface area contributed by atoms with Crippen LogP contribution < -0.4 is 0 Å². The van der Waals surface area contributed by atoms with Gasteiger partial charge in [-0.2, -0.15) is 0 Å². The third-order valence-electron chi connectivity index (χ3n) is 2.50. The first kappa shape index (κ1) is 11.4. The van der Waals surface area contributed by atoms with Gasteiger partial charge in [0.15, 0.2) is 11.0 Å². The van der Waals surface area contributed by atoms with Gasteiger partial charge in [-0.1, -0.05) is 35.3 Å². The minimum absolute atomic E-state index is 0.343. The molecule has 1 aromatic carbocycles. The number of rotatable bonds is 1. The molecule has 0 fully saturated rings. The Kier molecular flexibility index (Phi) is 2.86. The van der Waals surface area contributed by atoms with Crippen LogP contribution in [0, 0.1) is 0 Å². The number of benzene rings is 1. The zero-order valence-electron chi connectivity index (χ0n) is 9.14. The van der Waals surface area contributed by atoms with Crippen molar-refractivity contribution in [3.05, 3.63) is 52.8 Å². The zero-order valence-corrected chi connectivity index (χ0v) is 10.7. The molecule has 0 aliphatic rings. The van der Waals surface area contributed by atoms with Gasteiger partial charge >= 0.3 is 0 Å². The Morgan fingerprint density at radius 1 is 0.944 bits per heavy atom. The third-order valence-corrected chi connectivity index (χ3v) is 2.99. The number of aromatic nitrogens is 3. The van der Waals surface area contributed by atoms with Crippen LogP contribution in [-0.4, -0.2) is 15.0 Å². The van der Waals surface area contributed by atoms with Gasteiger partial charge in [-0.05, 0) is 24.3 Å². The summed E-state index contributed by atoms with van der Waals surface area (Å²) < 4.78 is 0. The second-order valence-corrected chi connectivity index (χ2v) is 4.51. The summed E-state index contributed by atoms with van der Waals surface area (Å²) in [4.78, 5) is 12.8. The fourth-order valence-electron chi connectivity index (χ4n) is 1.69. The molecule has 0 amide bonds. The van der Waals surface area contributed by atoms with E-state index in [0.29, 0.717) is 27.0 Å². The lowest BCUT2D eigenvalue weighted by molar-refractivity contribution is 1.20. The molecule has 0 bridgehead atoms. The second-order valence-electron chi connectivity index (χ2n) is 3.72.